The molecule has 0 aliphatic carbocycles. The van der Waals surface area contributed by atoms with E-state index >= 15 is 0 Å². The molecule has 0 bridgehead atoms. The van der Waals surface area contributed by atoms with Crippen LogP contribution < -0.4 is 10.1 Å². The fraction of sp³-hybridized carbons (Fsp3) is 0.429. The number of aromatic nitrogens is 3. The summed E-state index contributed by atoms with van der Waals surface area (Å²) in [5, 5.41) is 11.2. The molecule has 1 aliphatic rings. The molecule has 1 saturated heterocycles. The maximum absolute atomic E-state index is 12.5. The van der Waals surface area contributed by atoms with Crippen molar-refractivity contribution in [2.24, 2.45) is 5.92 Å². The Morgan fingerprint density at radius 3 is 2.81 bits per heavy atom. The Bertz CT molecular complexity index is 1100. The third kappa shape index (κ3) is 5.02. The lowest BCUT2D eigenvalue weighted by Gasteiger charge is -2.30. The SMILES string of the molecule is CCOc1ccccc1-c1nn(CN2CCC(C(=O)Nc3cc(C)on3)CC2)c(=S)o1. The van der Waals surface area contributed by atoms with Crippen molar-refractivity contribution in [3.8, 4) is 17.2 Å². The third-order valence-corrected chi connectivity index (χ3v) is 5.49. The van der Waals surface area contributed by atoms with Gasteiger partial charge in [0.25, 0.3) is 10.7 Å². The van der Waals surface area contributed by atoms with Gasteiger partial charge in [0.1, 0.15) is 11.5 Å². The molecule has 0 unspecified atom stereocenters. The molecule has 31 heavy (non-hydrogen) atoms. The molecule has 0 saturated carbocycles. The molecule has 0 radical (unpaired) electrons. The minimum absolute atomic E-state index is 0.0270. The Hall–Kier alpha value is -2.98. The van der Waals surface area contributed by atoms with Gasteiger partial charge in [0.05, 0.1) is 18.8 Å². The number of anilines is 1. The van der Waals surface area contributed by atoms with Crippen LogP contribution in [0.2, 0.25) is 0 Å². The van der Waals surface area contributed by atoms with Gasteiger partial charge in [-0.2, -0.15) is 0 Å². The molecule has 3 aromatic rings. The second-order valence-electron chi connectivity index (χ2n) is 7.45. The van der Waals surface area contributed by atoms with Crippen LogP contribution in [0.25, 0.3) is 11.5 Å². The first kappa shape index (κ1) is 21.3. The van der Waals surface area contributed by atoms with Crippen molar-refractivity contribution >= 4 is 23.9 Å². The highest BCUT2D eigenvalue weighted by atomic mass is 32.1. The van der Waals surface area contributed by atoms with Crippen LogP contribution in [0, 0.1) is 17.7 Å². The molecule has 1 amide bonds. The number of aryl methyl sites for hydroxylation is 1. The fourth-order valence-electron chi connectivity index (χ4n) is 3.61. The van der Waals surface area contributed by atoms with E-state index in [0.29, 0.717) is 41.3 Å². The first-order valence-corrected chi connectivity index (χ1v) is 10.7. The number of rotatable bonds is 7. The van der Waals surface area contributed by atoms with Crippen molar-refractivity contribution in [3.05, 3.63) is 40.9 Å². The monoisotopic (exact) mass is 443 g/mol. The number of likely N-dealkylation sites (tertiary alicyclic amines) is 1. The number of benzene rings is 1. The van der Waals surface area contributed by atoms with Crippen LogP contribution >= 0.6 is 12.2 Å². The average Bonchev–Trinajstić information content (AvgIpc) is 3.34. The van der Waals surface area contributed by atoms with E-state index in [0.717, 1.165) is 31.5 Å². The lowest BCUT2D eigenvalue weighted by atomic mass is 9.96. The minimum Gasteiger partial charge on any atom is -0.493 e. The van der Waals surface area contributed by atoms with Gasteiger partial charge in [0, 0.05) is 25.1 Å². The van der Waals surface area contributed by atoms with E-state index in [1.165, 1.54) is 0 Å². The molecule has 0 atom stereocenters. The second kappa shape index (κ2) is 9.44. The van der Waals surface area contributed by atoms with Crippen molar-refractivity contribution in [3.63, 3.8) is 0 Å². The number of nitrogens with one attached hydrogen (secondary N) is 1. The molecule has 1 fully saturated rings. The number of carbonyl (C=O) groups excluding carboxylic acids is 1. The van der Waals surface area contributed by atoms with Crippen molar-refractivity contribution in [1.82, 2.24) is 19.8 Å². The number of amides is 1. The molecule has 1 aliphatic heterocycles. The van der Waals surface area contributed by atoms with Crippen molar-refractivity contribution in [2.75, 3.05) is 25.0 Å². The van der Waals surface area contributed by atoms with Crippen LogP contribution in [-0.4, -0.2) is 45.4 Å². The number of piperidine rings is 1. The van der Waals surface area contributed by atoms with E-state index in [2.05, 4.69) is 20.5 Å². The van der Waals surface area contributed by atoms with E-state index in [1.807, 2.05) is 31.2 Å². The molecule has 0 spiro atoms. The molecule has 3 heterocycles. The smallest absolute Gasteiger partial charge is 0.288 e. The average molecular weight is 444 g/mol. The first-order chi connectivity index (χ1) is 15.0. The maximum atomic E-state index is 12.5. The largest absolute Gasteiger partial charge is 0.493 e. The predicted octanol–water partition coefficient (Wildman–Crippen LogP) is 3.88. The molecule has 9 nitrogen and oxygen atoms in total. The maximum Gasteiger partial charge on any atom is 0.288 e. The summed E-state index contributed by atoms with van der Waals surface area (Å²) in [7, 11) is 0. The first-order valence-electron chi connectivity index (χ1n) is 10.3. The predicted molar refractivity (Wildman–Crippen MR) is 116 cm³/mol. The van der Waals surface area contributed by atoms with Crippen molar-refractivity contribution < 1.29 is 18.5 Å². The standard InChI is InChI=1S/C21H25N5O4S/c1-3-28-17-7-5-4-6-16(17)20-23-26(21(31)29-20)13-25-10-8-15(9-11-25)19(27)22-18-12-14(2)30-24-18/h4-7,12,15H,3,8-11,13H2,1-2H3,(H,22,24,27). The number of ether oxygens (including phenoxy) is 1. The van der Waals surface area contributed by atoms with Crippen LogP contribution in [0.3, 0.4) is 0 Å². The highest BCUT2D eigenvalue weighted by Gasteiger charge is 2.26. The van der Waals surface area contributed by atoms with Gasteiger partial charge in [-0.3, -0.25) is 9.69 Å². The van der Waals surface area contributed by atoms with Gasteiger partial charge in [-0.15, -0.1) is 5.10 Å². The Kier molecular flexibility index (Phi) is 6.47. The lowest BCUT2D eigenvalue weighted by molar-refractivity contribution is -0.121. The van der Waals surface area contributed by atoms with Crippen LogP contribution in [0.4, 0.5) is 5.82 Å². The molecular formula is C21H25N5O4S. The zero-order valence-electron chi connectivity index (χ0n) is 17.5. The van der Waals surface area contributed by atoms with E-state index < -0.39 is 0 Å². The van der Waals surface area contributed by atoms with E-state index in [-0.39, 0.29) is 11.8 Å². The van der Waals surface area contributed by atoms with Crippen molar-refractivity contribution in [1.29, 1.82) is 0 Å². The quantitative estimate of drug-likeness (QED) is 0.550. The Balaban J connectivity index is 1.36. The summed E-state index contributed by atoms with van der Waals surface area (Å²) in [4.78, 5) is 15.0. The van der Waals surface area contributed by atoms with Gasteiger partial charge in [0.15, 0.2) is 5.82 Å². The molecule has 2 aromatic heterocycles. The van der Waals surface area contributed by atoms with Crippen LogP contribution in [0.1, 0.15) is 25.5 Å². The summed E-state index contributed by atoms with van der Waals surface area (Å²) in [5.74, 6) is 2.18. The highest BCUT2D eigenvalue weighted by molar-refractivity contribution is 7.71. The molecule has 1 aromatic carbocycles. The summed E-state index contributed by atoms with van der Waals surface area (Å²) < 4.78 is 18.1. The number of nitrogens with zero attached hydrogens (tertiary/aromatic N) is 4. The fourth-order valence-corrected chi connectivity index (χ4v) is 3.79. The topological polar surface area (TPSA) is 98.6 Å². The van der Waals surface area contributed by atoms with Crippen LogP contribution in [0.15, 0.2) is 39.3 Å². The zero-order valence-corrected chi connectivity index (χ0v) is 18.4. The van der Waals surface area contributed by atoms with Gasteiger partial charge < -0.3 is 19.0 Å². The van der Waals surface area contributed by atoms with E-state index in [9.17, 15) is 4.79 Å². The van der Waals surface area contributed by atoms with Crippen LogP contribution in [0.5, 0.6) is 5.75 Å². The van der Waals surface area contributed by atoms with Gasteiger partial charge in [-0.25, -0.2) is 4.68 Å². The summed E-state index contributed by atoms with van der Waals surface area (Å²) >= 11 is 5.38. The van der Waals surface area contributed by atoms with Crippen molar-refractivity contribution in [2.45, 2.75) is 33.4 Å². The summed E-state index contributed by atoms with van der Waals surface area (Å²) in [5.41, 5.74) is 0.771. The van der Waals surface area contributed by atoms with Gasteiger partial charge in [0.2, 0.25) is 5.91 Å². The number of carbonyl (C=O) groups is 1. The summed E-state index contributed by atoms with van der Waals surface area (Å²) in [6.45, 7) is 6.30. The molecule has 1 N–H and O–H groups in total. The van der Waals surface area contributed by atoms with Gasteiger partial charge in [-0.1, -0.05) is 17.3 Å². The normalized spacial score (nSPS) is 15.2. The summed E-state index contributed by atoms with van der Waals surface area (Å²) in [6, 6.07) is 9.31. The van der Waals surface area contributed by atoms with Crippen LogP contribution in [-0.2, 0) is 11.5 Å². The summed E-state index contributed by atoms with van der Waals surface area (Å²) in [6.07, 6.45) is 1.49. The lowest BCUT2D eigenvalue weighted by Crippen LogP contribution is -2.39. The van der Waals surface area contributed by atoms with E-state index in [1.54, 1.807) is 17.7 Å². The molecule has 164 valence electrons. The number of para-hydroxylation sites is 1. The number of hydrogen-bond acceptors (Lipinski definition) is 8. The Morgan fingerprint density at radius 1 is 1.32 bits per heavy atom. The molecule has 10 heteroatoms. The highest BCUT2D eigenvalue weighted by Crippen LogP contribution is 2.29. The third-order valence-electron chi connectivity index (χ3n) is 5.20. The van der Waals surface area contributed by atoms with Gasteiger partial charge >= 0.3 is 0 Å². The second-order valence-corrected chi connectivity index (χ2v) is 7.80. The van der Waals surface area contributed by atoms with Gasteiger partial charge in [-0.05, 0) is 51.0 Å². The van der Waals surface area contributed by atoms with E-state index in [4.69, 9.17) is 25.9 Å². The molecule has 4 rings (SSSR count). The number of hydrogen-bond donors (Lipinski definition) is 1. The zero-order chi connectivity index (χ0) is 21.8. The Morgan fingerprint density at radius 2 is 2.10 bits per heavy atom. The molecular weight excluding hydrogens is 418 g/mol. The minimum atomic E-state index is -0.0628. The Labute approximate surface area is 185 Å².